The SMILES string of the molecule is CC1(C)CCCN(CC(=O)c2ccc(Br)s2)CC1. The standard InChI is InChI=1S/C14H20BrNOS/c1-14(2)6-3-8-16(9-7-14)10-11(17)12-4-5-13(15)18-12/h4-5H,3,6-10H2,1-2H3. The van der Waals surface area contributed by atoms with Crippen molar-refractivity contribution in [3.05, 3.63) is 20.8 Å². The molecule has 4 heteroatoms. The molecule has 0 saturated carbocycles. The zero-order valence-electron chi connectivity index (χ0n) is 11.0. The summed E-state index contributed by atoms with van der Waals surface area (Å²) in [6, 6.07) is 3.86. The Balaban J connectivity index is 1.91. The number of ketones is 1. The van der Waals surface area contributed by atoms with Gasteiger partial charge in [-0.15, -0.1) is 11.3 Å². The summed E-state index contributed by atoms with van der Waals surface area (Å²) in [6.07, 6.45) is 3.66. The molecule has 0 radical (unpaired) electrons. The summed E-state index contributed by atoms with van der Waals surface area (Å²) in [5, 5.41) is 0. The van der Waals surface area contributed by atoms with Crippen molar-refractivity contribution in [1.29, 1.82) is 0 Å². The second-order valence-corrected chi connectivity index (χ2v) is 8.28. The molecule has 1 aromatic rings. The fourth-order valence-corrected chi connectivity index (χ4v) is 3.70. The Hall–Kier alpha value is -0.190. The molecule has 1 aliphatic rings. The molecule has 1 aromatic heterocycles. The van der Waals surface area contributed by atoms with Crippen molar-refractivity contribution in [2.75, 3.05) is 19.6 Å². The van der Waals surface area contributed by atoms with Gasteiger partial charge in [0.2, 0.25) is 0 Å². The summed E-state index contributed by atoms with van der Waals surface area (Å²) in [5.74, 6) is 0.255. The Morgan fingerprint density at radius 2 is 2.17 bits per heavy atom. The van der Waals surface area contributed by atoms with Crippen LogP contribution in [0.2, 0.25) is 0 Å². The summed E-state index contributed by atoms with van der Waals surface area (Å²) in [5.41, 5.74) is 0.434. The number of halogens is 1. The molecule has 100 valence electrons. The lowest BCUT2D eigenvalue weighted by Gasteiger charge is -2.22. The van der Waals surface area contributed by atoms with Crippen LogP contribution in [-0.2, 0) is 0 Å². The van der Waals surface area contributed by atoms with Crippen molar-refractivity contribution in [1.82, 2.24) is 4.90 Å². The minimum Gasteiger partial charge on any atom is -0.296 e. The molecule has 0 aromatic carbocycles. The van der Waals surface area contributed by atoms with Gasteiger partial charge in [0.05, 0.1) is 15.2 Å². The Bertz CT molecular complexity index is 427. The van der Waals surface area contributed by atoms with E-state index in [9.17, 15) is 4.79 Å². The lowest BCUT2D eigenvalue weighted by molar-refractivity contribution is 0.0934. The van der Waals surface area contributed by atoms with Gasteiger partial charge in [-0.05, 0) is 65.8 Å². The molecular formula is C14H20BrNOS. The van der Waals surface area contributed by atoms with E-state index in [1.807, 2.05) is 12.1 Å². The normalized spacial score (nSPS) is 20.6. The number of hydrogen-bond acceptors (Lipinski definition) is 3. The molecule has 0 aliphatic carbocycles. The first-order valence-corrected chi connectivity index (χ1v) is 8.08. The number of carbonyl (C=O) groups is 1. The molecular weight excluding hydrogens is 310 g/mol. The second kappa shape index (κ2) is 5.85. The van der Waals surface area contributed by atoms with Gasteiger partial charge in [-0.2, -0.15) is 0 Å². The molecule has 1 aliphatic heterocycles. The summed E-state index contributed by atoms with van der Waals surface area (Å²) in [4.78, 5) is 15.3. The van der Waals surface area contributed by atoms with E-state index < -0.39 is 0 Å². The highest BCUT2D eigenvalue weighted by Gasteiger charge is 2.24. The van der Waals surface area contributed by atoms with Crippen LogP contribution >= 0.6 is 27.3 Å². The first-order valence-electron chi connectivity index (χ1n) is 6.47. The first kappa shape index (κ1) is 14.2. The minimum atomic E-state index is 0.255. The molecule has 0 bridgehead atoms. The highest BCUT2D eigenvalue weighted by molar-refractivity contribution is 9.11. The topological polar surface area (TPSA) is 20.3 Å². The van der Waals surface area contributed by atoms with Crippen LogP contribution in [0.15, 0.2) is 15.9 Å². The van der Waals surface area contributed by atoms with Crippen LogP contribution in [0.3, 0.4) is 0 Å². The van der Waals surface area contributed by atoms with Crippen molar-refractivity contribution in [3.63, 3.8) is 0 Å². The number of Topliss-reactive ketones (excluding diaryl/α,β-unsaturated/α-hetero) is 1. The predicted octanol–water partition coefficient (Wildman–Crippen LogP) is 4.21. The van der Waals surface area contributed by atoms with E-state index in [1.165, 1.54) is 30.6 Å². The molecule has 0 amide bonds. The fraction of sp³-hybridized carbons (Fsp3) is 0.643. The van der Waals surface area contributed by atoms with Crippen LogP contribution in [0.5, 0.6) is 0 Å². The summed E-state index contributed by atoms with van der Waals surface area (Å²) in [7, 11) is 0. The molecule has 2 heterocycles. The van der Waals surface area contributed by atoms with Gasteiger partial charge >= 0.3 is 0 Å². The van der Waals surface area contributed by atoms with Crippen LogP contribution in [0.25, 0.3) is 0 Å². The first-order chi connectivity index (χ1) is 8.46. The third-order valence-electron chi connectivity index (χ3n) is 3.65. The summed E-state index contributed by atoms with van der Waals surface area (Å²) in [6.45, 7) is 7.33. The zero-order valence-corrected chi connectivity index (χ0v) is 13.4. The quantitative estimate of drug-likeness (QED) is 0.774. The van der Waals surface area contributed by atoms with Crippen molar-refractivity contribution < 1.29 is 4.79 Å². The lowest BCUT2D eigenvalue weighted by atomic mass is 9.85. The molecule has 2 nitrogen and oxygen atoms in total. The molecule has 18 heavy (non-hydrogen) atoms. The number of hydrogen-bond donors (Lipinski definition) is 0. The van der Waals surface area contributed by atoms with Crippen molar-refractivity contribution >= 4 is 33.0 Å². The molecule has 1 fully saturated rings. The Kier molecular flexibility index (Phi) is 4.62. The molecule has 0 N–H and O–H groups in total. The van der Waals surface area contributed by atoms with E-state index in [4.69, 9.17) is 0 Å². The van der Waals surface area contributed by atoms with Gasteiger partial charge in [-0.3, -0.25) is 9.69 Å². The van der Waals surface area contributed by atoms with E-state index in [0.29, 0.717) is 12.0 Å². The number of carbonyl (C=O) groups excluding carboxylic acids is 1. The zero-order chi connectivity index (χ0) is 13.2. The molecule has 1 saturated heterocycles. The second-order valence-electron chi connectivity index (χ2n) is 5.82. The maximum absolute atomic E-state index is 12.1. The van der Waals surface area contributed by atoms with Crippen LogP contribution in [0.1, 0.15) is 42.8 Å². The van der Waals surface area contributed by atoms with Gasteiger partial charge < -0.3 is 0 Å². The molecule has 0 unspecified atom stereocenters. The predicted molar refractivity (Wildman–Crippen MR) is 80.4 cm³/mol. The number of nitrogens with zero attached hydrogens (tertiary/aromatic N) is 1. The average Bonchev–Trinajstić information content (AvgIpc) is 2.65. The van der Waals surface area contributed by atoms with Crippen LogP contribution < -0.4 is 0 Å². The lowest BCUT2D eigenvalue weighted by Crippen LogP contribution is -2.31. The van der Waals surface area contributed by atoms with E-state index in [-0.39, 0.29) is 5.78 Å². The van der Waals surface area contributed by atoms with Crippen LogP contribution in [0, 0.1) is 5.41 Å². The van der Waals surface area contributed by atoms with Crippen molar-refractivity contribution in [2.24, 2.45) is 5.41 Å². The maximum Gasteiger partial charge on any atom is 0.186 e. The fourth-order valence-electron chi connectivity index (χ4n) is 2.38. The maximum atomic E-state index is 12.1. The van der Waals surface area contributed by atoms with Gasteiger partial charge in [0, 0.05) is 0 Å². The summed E-state index contributed by atoms with van der Waals surface area (Å²) < 4.78 is 1.03. The van der Waals surface area contributed by atoms with Gasteiger partial charge in [0.25, 0.3) is 0 Å². The Morgan fingerprint density at radius 1 is 1.39 bits per heavy atom. The number of likely N-dealkylation sites (tertiary alicyclic amines) is 1. The third kappa shape index (κ3) is 3.90. The van der Waals surface area contributed by atoms with Crippen LogP contribution in [-0.4, -0.2) is 30.3 Å². The van der Waals surface area contributed by atoms with Gasteiger partial charge in [0.15, 0.2) is 5.78 Å². The number of thiophene rings is 1. The van der Waals surface area contributed by atoms with Gasteiger partial charge in [-0.1, -0.05) is 13.8 Å². The Morgan fingerprint density at radius 3 is 2.83 bits per heavy atom. The summed E-state index contributed by atoms with van der Waals surface area (Å²) >= 11 is 4.94. The number of rotatable bonds is 3. The third-order valence-corrected chi connectivity index (χ3v) is 5.31. The largest absolute Gasteiger partial charge is 0.296 e. The van der Waals surface area contributed by atoms with E-state index in [0.717, 1.165) is 21.8 Å². The Labute approximate surface area is 122 Å². The van der Waals surface area contributed by atoms with E-state index >= 15 is 0 Å². The van der Waals surface area contributed by atoms with Crippen LogP contribution in [0.4, 0.5) is 0 Å². The molecule has 2 rings (SSSR count). The van der Waals surface area contributed by atoms with E-state index in [2.05, 4.69) is 34.7 Å². The molecule has 0 atom stereocenters. The van der Waals surface area contributed by atoms with Crippen molar-refractivity contribution in [3.8, 4) is 0 Å². The average molecular weight is 330 g/mol. The van der Waals surface area contributed by atoms with Crippen molar-refractivity contribution in [2.45, 2.75) is 33.1 Å². The highest BCUT2D eigenvalue weighted by Crippen LogP contribution is 2.30. The van der Waals surface area contributed by atoms with Gasteiger partial charge in [0.1, 0.15) is 0 Å². The highest BCUT2D eigenvalue weighted by atomic mass is 79.9. The minimum absolute atomic E-state index is 0.255. The van der Waals surface area contributed by atoms with Gasteiger partial charge in [-0.25, -0.2) is 0 Å². The monoisotopic (exact) mass is 329 g/mol. The van der Waals surface area contributed by atoms with E-state index in [1.54, 1.807) is 0 Å². The molecule has 0 spiro atoms. The smallest absolute Gasteiger partial charge is 0.186 e.